The van der Waals surface area contributed by atoms with Gasteiger partial charge in [0.1, 0.15) is 0 Å². The Morgan fingerprint density at radius 2 is 1.78 bits per heavy atom. The molecule has 1 N–H and O–H groups in total. The summed E-state index contributed by atoms with van der Waals surface area (Å²) in [4.78, 5) is 2.82. The third kappa shape index (κ3) is 3.47. The van der Waals surface area contributed by atoms with Gasteiger partial charge in [-0.3, -0.25) is 4.90 Å². The molecule has 3 nitrogen and oxygen atoms in total. The van der Waals surface area contributed by atoms with E-state index in [1.54, 1.807) is 0 Å². The third-order valence-electron chi connectivity index (χ3n) is 6.08. The third-order valence-corrected chi connectivity index (χ3v) is 6.08. The molecule has 0 aromatic heterocycles. The molecule has 2 aliphatic carbocycles. The lowest BCUT2D eigenvalue weighted by atomic mass is 9.89. The highest BCUT2D eigenvalue weighted by Crippen LogP contribution is 2.34. The highest BCUT2D eigenvalue weighted by atomic mass is 16.5. The summed E-state index contributed by atoms with van der Waals surface area (Å²) in [5.41, 5.74) is 1.30. The first kappa shape index (κ1) is 15.6. The van der Waals surface area contributed by atoms with Crippen LogP contribution in [0.2, 0.25) is 0 Å². The van der Waals surface area contributed by atoms with Gasteiger partial charge in [0.15, 0.2) is 0 Å². The minimum Gasteiger partial charge on any atom is -0.372 e. The summed E-state index contributed by atoms with van der Waals surface area (Å²) in [6, 6.07) is 12.8. The first-order valence-corrected chi connectivity index (χ1v) is 9.56. The Balaban J connectivity index is 1.42. The average molecular weight is 314 g/mol. The van der Waals surface area contributed by atoms with Crippen molar-refractivity contribution in [3.05, 3.63) is 35.9 Å². The fraction of sp³-hybridized carbons (Fsp3) is 0.700. The van der Waals surface area contributed by atoms with E-state index in [2.05, 4.69) is 40.5 Å². The molecule has 3 fully saturated rings. The standard InChI is InChI=1S/C20H30N2O/c1-2-7-16(8-3-1)15-23-20-12-5-4-10-19(20)22-14-13-21-17-9-6-11-18(17)22/h1-3,7-8,17-21H,4-6,9-15H2/t17-,18+,19+,20-/m1/s1. The van der Waals surface area contributed by atoms with Gasteiger partial charge in [-0.25, -0.2) is 0 Å². The lowest BCUT2D eigenvalue weighted by Gasteiger charge is -2.47. The molecule has 23 heavy (non-hydrogen) atoms. The number of ether oxygens (including phenoxy) is 1. The molecule has 126 valence electrons. The van der Waals surface area contributed by atoms with Crippen molar-refractivity contribution < 1.29 is 4.74 Å². The van der Waals surface area contributed by atoms with Gasteiger partial charge in [0.05, 0.1) is 12.7 Å². The summed E-state index contributed by atoms with van der Waals surface area (Å²) in [6.07, 6.45) is 9.81. The molecule has 0 amide bonds. The van der Waals surface area contributed by atoms with E-state index in [-0.39, 0.29) is 0 Å². The van der Waals surface area contributed by atoms with Crippen LogP contribution in [0, 0.1) is 0 Å². The van der Waals surface area contributed by atoms with Crippen molar-refractivity contribution in [2.45, 2.75) is 75.8 Å². The molecule has 1 aromatic rings. The second kappa shape index (κ2) is 7.33. The average Bonchev–Trinajstić information content (AvgIpc) is 3.10. The van der Waals surface area contributed by atoms with Gasteiger partial charge in [-0.1, -0.05) is 49.6 Å². The molecule has 1 aromatic carbocycles. The maximum Gasteiger partial charge on any atom is 0.0734 e. The van der Waals surface area contributed by atoms with Gasteiger partial charge in [0.25, 0.3) is 0 Å². The van der Waals surface area contributed by atoms with E-state index in [1.807, 2.05) is 0 Å². The highest BCUT2D eigenvalue weighted by Gasteiger charge is 2.41. The number of piperazine rings is 1. The smallest absolute Gasteiger partial charge is 0.0734 e. The number of hydrogen-bond acceptors (Lipinski definition) is 3. The van der Waals surface area contributed by atoms with Crippen LogP contribution in [-0.4, -0.2) is 42.2 Å². The van der Waals surface area contributed by atoms with Crippen LogP contribution in [-0.2, 0) is 11.3 Å². The first-order valence-electron chi connectivity index (χ1n) is 9.56. The van der Waals surface area contributed by atoms with E-state index < -0.39 is 0 Å². The molecular weight excluding hydrogens is 284 g/mol. The number of fused-ring (bicyclic) bond motifs is 1. The molecule has 1 heterocycles. The van der Waals surface area contributed by atoms with Crippen molar-refractivity contribution in [3.8, 4) is 0 Å². The van der Waals surface area contributed by atoms with E-state index in [0.717, 1.165) is 25.2 Å². The van der Waals surface area contributed by atoms with Crippen molar-refractivity contribution in [2.75, 3.05) is 13.1 Å². The fourth-order valence-corrected chi connectivity index (χ4v) is 4.96. The Morgan fingerprint density at radius 1 is 0.957 bits per heavy atom. The minimum absolute atomic E-state index is 0.420. The molecule has 0 bridgehead atoms. The largest absolute Gasteiger partial charge is 0.372 e. The van der Waals surface area contributed by atoms with Crippen molar-refractivity contribution in [3.63, 3.8) is 0 Å². The zero-order valence-electron chi connectivity index (χ0n) is 14.1. The SMILES string of the molecule is c1ccc(CO[C@@H]2CCCC[C@@H]2N2CCN[C@@H]3CCC[C@@H]32)cc1. The van der Waals surface area contributed by atoms with Crippen molar-refractivity contribution in [1.29, 1.82) is 0 Å². The first-order chi connectivity index (χ1) is 11.4. The van der Waals surface area contributed by atoms with Crippen molar-refractivity contribution in [2.24, 2.45) is 0 Å². The van der Waals surface area contributed by atoms with E-state index in [4.69, 9.17) is 4.74 Å². The molecular formula is C20H30N2O. The number of nitrogens with zero attached hydrogens (tertiary/aromatic N) is 1. The zero-order chi connectivity index (χ0) is 15.5. The second-order valence-corrected chi connectivity index (χ2v) is 7.48. The van der Waals surface area contributed by atoms with Gasteiger partial charge < -0.3 is 10.1 Å². The number of benzene rings is 1. The Morgan fingerprint density at radius 3 is 2.70 bits per heavy atom. The monoisotopic (exact) mass is 314 g/mol. The molecule has 3 heteroatoms. The minimum atomic E-state index is 0.420. The summed E-state index contributed by atoms with van der Waals surface area (Å²) in [5, 5.41) is 3.74. The van der Waals surface area contributed by atoms with Crippen LogP contribution in [0.25, 0.3) is 0 Å². The van der Waals surface area contributed by atoms with Gasteiger partial charge in [-0.2, -0.15) is 0 Å². The number of rotatable bonds is 4. The summed E-state index contributed by atoms with van der Waals surface area (Å²) < 4.78 is 6.42. The number of hydrogen-bond donors (Lipinski definition) is 1. The predicted octanol–water partition coefficient (Wildman–Crippen LogP) is 3.34. The fourth-order valence-electron chi connectivity index (χ4n) is 4.96. The molecule has 0 spiro atoms. The summed E-state index contributed by atoms with van der Waals surface area (Å²) >= 11 is 0. The zero-order valence-corrected chi connectivity index (χ0v) is 14.1. The van der Waals surface area contributed by atoms with E-state index in [9.17, 15) is 0 Å². The van der Waals surface area contributed by atoms with Gasteiger partial charge in [-0.05, 0) is 31.2 Å². The normalized spacial score (nSPS) is 35.1. The molecule has 2 saturated carbocycles. The van der Waals surface area contributed by atoms with Crippen molar-refractivity contribution >= 4 is 0 Å². The topological polar surface area (TPSA) is 24.5 Å². The predicted molar refractivity (Wildman–Crippen MR) is 93.4 cm³/mol. The molecule has 0 unspecified atom stereocenters. The summed E-state index contributed by atoms with van der Waals surface area (Å²) in [7, 11) is 0. The van der Waals surface area contributed by atoms with Gasteiger partial charge in [0, 0.05) is 31.2 Å². The van der Waals surface area contributed by atoms with Crippen LogP contribution in [0.15, 0.2) is 30.3 Å². The second-order valence-electron chi connectivity index (χ2n) is 7.48. The van der Waals surface area contributed by atoms with Crippen LogP contribution < -0.4 is 5.32 Å². The maximum absolute atomic E-state index is 6.42. The summed E-state index contributed by atoms with van der Waals surface area (Å²) in [5.74, 6) is 0. The van der Waals surface area contributed by atoms with Gasteiger partial charge in [0.2, 0.25) is 0 Å². The van der Waals surface area contributed by atoms with Crippen LogP contribution in [0.1, 0.15) is 50.5 Å². The lowest BCUT2D eigenvalue weighted by molar-refractivity contribution is -0.0643. The Bertz CT molecular complexity index is 492. The van der Waals surface area contributed by atoms with Gasteiger partial charge in [-0.15, -0.1) is 0 Å². The quantitative estimate of drug-likeness (QED) is 0.922. The number of nitrogens with one attached hydrogen (secondary N) is 1. The van der Waals surface area contributed by atoms with Crippen LogP contribution in [0.3, 0.4) is 0 Å². The van der Waals surface area contributed by atoms with Gasteiger partial charge >= 0.3 is 0 Å². The van der Waals surface area contributed by atoms with Crippen LogP contribution >= 0.6 is 0 Å². The van der Waals surface area contributed by atoms with Crippen molar-refractivity contribution in [1.82, 2.24) is 10.2 Å². The highest BCUT2D eigenvalue weighted by molar-refractivity contribution is 5.13. The Hall–Kier alpha value is -0.900. The van der Waals surface area contributed by atoms with E-state index >= 15 is 0 Å². The molecule has 0 radical (unpaired) electrons. The molecule has 1 aliphatic heterocycles. The summed E-state index contributed by atoms with van der Waals surface area (Å²) in [6.45, 7) is 3.13. The molecule has 1 saturated heterocycles. The van der Waals surface area contributed by atoms with Crippen LogP contribution in [0.4, 0.5) is 0 Å². The van der Waals surface area contributed by atoms with E-state index in [1.165, 1.54) is 57.1 Å². The molecule has 4 atom stereocenters. The Labute approximate surface area is 140 Å². The molecule has 4 rings (SSSR count). The Kier molecular flexibility index (Phi) is 4.98. The molecule has 3 aliphatic rings. The van der Waals surface area contributed by atoms with E-state index in [0.29, 0.717) is 12.1 Å². The maximum atomic E-state index is 6.42. The lowest BCUT2D eigenvalue weighted by Crippen LogP contribution is -2.61. The van der Waals surface area contributed by atoms with Crippen LogP contribution in [0.5, 0.6) is 0 Å².